The van der Waals surface area contributed by atoms with Crippen LogP contribution in [0.15, 0.2) is 29.4 Å². The molecule has 10 heteroatoms. The van der Waals surface area contributed by atoms with Crippen LogP contribution in [0.1, 0.15) is 19.8 Å². The van der Waals surface area contributed by atoms with Crippen LogP contribution in [0.5, 0.6) is 0 Å². The van der Waals surface area contributed by atoms with Crippen LogP contribution in [-0.4, -0.2) is 64.9 Å². The van der Waals surface area contributed by atoms with Crippen LogP contribution < -0.4 is 10.2 Å². The van der Waals surface area contributed by atoms with Gasteiger partial charge >= 0.3 is 0 Å². The quantitative estimate of drug-likeness (QED) is 0.670. The van der Waals surface area contributed by atoms with Crippen molar-refractivity contribution < 1.29 is 18.7 Å². The van der Waals surface area contributed by atoms with Gasteiger partial charge in [-0.1, -0.05) is 17.8 Å². The summed E-state index contributed by atoms with van der Waals surface area (Å²) in [4.78, 5) is 14.8. The summed E-state index contributed by atoms with van der Waals surface area (Å²) in [6, 6.07) is 5.87. The molecule has 0 bridgehead atoms. The maximum atomic E-state index is 13.4. The molecule has 0 saturated carbocycles. The van der Waals surface area contributed by atoms with E-state index in [4.69, 9.17) is 9.47 Å². The zero-order chi connectivity index (χ0) is 20.9. The zero-order valence-electron chi connectivity index (χ0n) is 16.9. The first-order valence-corrected chi connectivity index (χ1v) is 11.1. The topological polar surface area (TPSA) is 81.5 Å². The molecule has 2 saturated heterocycles. The van der Waals surface area contributed by atoms with Crippen LogP contribution in [0.3, 0.4) is 0 Å². The number of amides is 1. The molecule has 1 amide bonds. The molecule has 2 unspecified atom stereocenters. The number of morpholine rings is 1. The molecule has 30 heavy (non-hydrogen) atoms. The van der Waals surface area contributed by atoms with Gasteiger partial charge in [0.25, 0.3) is 0 Å². The van der Waals surface area contributed by atoms with Gasteiger partial charge in [-0.15, -0.1) is 10.2 Å². The average Bonchev–Trinajstić information content (AvgIpc) is 3.39. The summed E-state index contributed by atoms with van der Waals surface area (Å²) in [7, 11) is 0. The highest BCUT2D eigenvalue weighted by molar-refractivity contribution is 8.00. The molecule has 2 aliphatic rings. The number of aromatic nitrogens is 3. The first-order chi connectivity index (χ1) is 14.6. The van der Waals surface area contributed by atoms with E-state index in [1.807, 2.05) is 0 Å². The molecule has 8 nitrogen and oxygen atoms in total. The molecule has 1 N–H and O–H groups in total. The summed E-state index contributed by atoms with van der Waals surface area (Å²) >= 11 is 1.34. The molecule has 1 aromatic carbocycles. The third-order valence-corrected chi connectivity index (χ3v) is 6.23. The number of carbonyl (C=O) groups excluding carboxylic acids is 1. The number of ether oxygens (including phenoxy) is 2. The second-order valence-corrected chi connectivity index (χ2v) is 8.70. The van der Waals surface area contributed by atoms with Crippen LogP contribution in [0.2, 0.25) is 0 Å². The smallest absolute Gasteiger partial charge is 0.237 e. The Hall–Kier alpha value is -2.17. The zero-order valence-corrected chi connectivity index (χ0v) is 17.7. The summed E-state index contributed by atoms with van der Waals surface area (Å²) in [6.45, 7) is 6.05. The van der Waals surface area contributed by atoms with Gasteiger partial charge < -0.3 is 19.7 Å². The van der Waals surface area contributed by atoms with Gasteiger partial charge in [0.2, 0.25) is 11.9 Å². The monoisotopic (exact) mass is 435 g/mol. The minimum absolute atomic E-state index is 0.122. The van der Waals surface area contributed by atoms with Gasteiger partial charge in [-0.25, -0.2) is 4.39 Å². The molecule has 0 spiro atoms. The van der Waals surface area contributed by atoms with E-state index in [-0.39, 0.29) is 17.8 Å². The van der Waals surface area contributed by atoms with Crippen molar-refractivity contribution in [2.75, 3.05) is 43.1 Å². The van der Waals surface area contributed by atoms with E-state index in [1.165, 1.54) is 23.9 Å². The SMILES string of the molecule is CC(Sc1nnc(N2CCOCC2)n1CC1CCCO1)C(=O)Nc1cccc(F)c1. The number of nitrogens with one attached hydrogen (secondary N) is 1. The fourth-order valence-corrected chi connectivity index (χ4v) is 4.39. The number of thioether (sulfide) groups is 1. The van der Waals surface area contributed by atoms with Crippen LogP contribution in [0, 0.1) is 5.82 Å². The van der Waals surface area contributed by atoms with E-state index in [0.717, 1.165) is 38.5 Å². The summed E-state index contributed by atoms with van der Waals surface area (Å²) in [5.74, 6) is 0.179. The Balaban J connectivity index is 1.48. The number of halogens is 1. The van der Waals surface area contributed by atoms with Gasteiger partial charge in [-0.3, -0.25) is 9.36 Å². The highest BCUT2D eigenvalue weighted by atomic mass is 32.2. The summed E-state index contributed by atoms with van der Waals surface area (Å²) in [5.41, 5.74) is 0.433. The number of hydrogen-bond donors (Lipinski definition) is 1. The van der Waals surface area contributed by atoms with Crippen LogP contribution in [-0.2, 0) is 20.8 Å². The molecule has 2 aliphatic heterocycles. The predicted molar refractivity (Wildman–Crippen MR) is 112 cm³/mol. The summed E-state index contributed by atoms with van der Waals surface area (Å²) in [5, 5.41) is 11.8. The van der Waals surface area contributed by atoms with E-state index in [2.05, 4.69) is 25.0 Å². The number of anilines is 2. The lowest BCUT2D eigenvalue weighted by atomic mass is 10.2. The van der Waals surface area contributed by atoms with Gasteiger partial charge in [0.15, 0.2) is 5.16 Å². The van der Waals surface area contributed by atoms with Crippen molar-refractivity contribution in [2.24, 2.45) is 0 Å². The Morgan fingerprint density at radius 3 is 2.90 bits per heavy atom. The van der Waals surface area contributed by atoms with Gasteiger partial charge in [0.05, 0.1) is 31.1 Å². The molecule has 2 fully saturated rings. The number of rotatable bonds is 7. The third-order valence-electron chi connectivity index (χ3n) is 5.15. The molecule has 2 aromatic rings. The van der Waals surface area contributed by atoms with Crippen molar-refractivity contribution in [3.63, 3.8) is 0 Å². The van der Waals surface area contributed by atoms with Crippen molar-refractivity contribution in [1.29, 1.82) is 0 Å². The fourth-order valence-electron chi connectivity index (χ4n) is 3.54. The van der Waals surface area contributed by atoms with Gasteiger partial charge in [0.1, 0.15) is 5.82 Å². The Morgan fingerprint density at radius 2 is 2.17 bits per heavy atom. The third kappa shape index (κ3) is 5.11. The second-order valence-electron chi connectivity index (χ2n) is 7.39. The Labute approximate surface area is 179 Å². The van der Waals surface area contributed by atoms with E-state index in [9.17, 15) is 9.18 Å². The van der Waals surface area contributed by atoms with E-state index < -0.39 is 5.25 Å². The Morgan fingerprint density at radius 1 is 1.33 bits per heavy atom. The number of carbonyl (C=O) groups is 1. The minimum Gasteiger partial charge on any atom is -0.378 e. The van der Waals surface area contributed by atoms with Crippen molar-refractivity contribution in [1.82, 2.24) is 14.8 Å². The summed E-state index contributed by atoms with van der Waals surface area (Å²) < 4.78 is 26.7. The number of benzene rings is 1. The molecule has 0 radical (unpaired) electrons. The molecule has 1 aromatic heterocycles. The standard InChI is InChI=1S/C20H26FN5O3S/c1-14(18(27)22-16-5-2-4-15(21)12-16)30-20-24-23-19(25-7-10-28-11-8-25)26(20)13-17-6-3-9-29-17/h2,4-5,12,14,17H,3,6-11,13H2,1H3,(H,22,27). The van der Waals surface area contributed by atoms with Gasteiger partial charge in [-0.2, -0.15) is 0 Å². The molecule has 0 aliphatic carbocycles. The lowest BCUT2D eigenvalue weighted by Gasteiger charge is -2.28. The minimum atomic E-state index is -0.432. The van der Waals surface area contributed by atoms with Gasteiger partial charge in [0, 0.05) is 25.4 Å². The number of nitrogens with zero attached hydrogens (tertiary/aromatic N) is 4. The van der Waals surface area contributed by atoms with E-state index in [1.54, 1.807) is 19.1 Å². The summed E-state index contributed by atoms with van der Waals surface area (Å²) in [6.07, 6.45) is 2.17. The van der Waals surface area contributed by atoms with E-state index in [0.29, 0.717) is 30.6 Å². The van der Waals surface area contributed by atoms with E-state index >= 15 is 0 Å². The van der Waals surface area contributed by atoms with Gasteiger partial charge in [-0.05, 0) is 38.0 Å². The first-order valence-electron chi connectivity index (χ1n) is 10.2. The first kappa shape index (κ1) is 21.1. The van der Waals surface area contributed by atoms with Crippen molar-refractivity contribution >= 4 is 29.3 Å². The molecule has 2 atom stereocenters. The Bertz CT molecular complexity index is 868. The molecule has 3 heterocycles. The predicted octanol–water partition coefficient (Wildman–Crippen LogP) is 2.55. The van der Waals surface area contributed by atoms with Crippen molar-refractivity contribution in [2.45, 2.75) is 42.8 Å². The second kappa shape index (κ2) is 9.76. The molecule has 4 rings (SSSR count). The van der Waals surface area contributed by atoms with Crippen LogP contribution in [0.4, 0.5) is 16.0 Å². The lowest BCUT2D eigenvalue weighted by Crippen LogP contribution is -2.38. The molecule has 162 valence electrons. The number of hydrogen-bond acceptors (Lipinski definition) is 7. The van der Waals surface area contributed by atoms with Crippen LogP contribution in [0.25, 0.3) is 0 Å². The van der Waals surface area contributed by atoms with Crippen molar-refractivity contribution in [3.05, 3.63) is 30.1 Å². The molecular weight excluding hydrogens is 409 g/mol. The maximum Gasteiger partial charge on any atom is 0.237 e. The lowest BCUT2D eigenvalue weighted by molar-refractivity contribution is -0.115. The normalized spacial score (nSPS) is 20.3. The molecular formula is C20H26FN5O3S. The Kier molecular flexibility index (Phi) is 6.86. The fraction of sp³-hybridized carbons (Fsp3) is 0.550. The maximum absolute atomic E-state index is 13.4. The highest BCUT2D eigenvalue weighted by Crippen LogP contribution is 2.28. The van der Waals surface area contributed by atoms with Crippen molar-refractivity contribution in [3.8, 4) is 0 Å². The van der Waals surface area contributed by atoms with Crippen LogP contribution >= 0.6 is 11.8 Å². The average molecular weight is 436 g/mol. The highest BCUT2D eigenvalue weighted by Gasteiger charge is 2.27. The largest absolute Gasteiger partial charge is 0.378 e.